The molecule has 2 rings (SSSR count). The molecule has 2 aliphatic rings. The second kappa shape index (κ2) is 4.80. The van der Waals surface area contributed by atoms with Gasteiger partial charge in [-0.3, -0.25) is 4.79 Å². The van der Waals surface area contributed by atoms with Crippen LogP contribution in [0.4, 0.5) is 4.79 Å². The highest BCUT2D eigenvalue weighted by Gasteiger charge is 2.47. The van der Waals surface area contributed by atoms with E-state index in [1.54, 1.807) is 4.90 Å². The highest BCUT2D eigenvalue weighted by molar-refractivity contribution is 5.87. The van der Waals surface area contributed by atoms with Gasteiger partial charge in [0.1, 0.15) is 11.4 Å². The molecule has 4 nitrogen and oxygen atoms in total. The SMILES string of the molecule is C[C@H]1C[C@]2(CCCC2=O)CCN1C(=O)OC(C)(C)C. The zero-order valence-corrected chi connectivity index (χ0v) is 12.5. The Hall–Kier alpha value is -1.06. The van der Waals surface area contributed by atoms with Crippen molar-refractivity contribution in [2.45, 2.75) is 71.4 Å². The summed E-state index contributed by atoms with van der Waals surface area (Å²) in [6.07, 6.45) is 4.08. The molecule has 0 radical (unpaired) electrons. The highest BCUT2D eigenvalue weighted by Crippen LogP contribution is 2.45. The van der Waals surface area contributed by atoms with Gasteiger partial charge in [-0.2, -0.15) is 0 Å². The molecule has 108 valence electrons. The first-order chi connectivity index (χ1) is 8.73. The lowest BCUT2D eigenvalue weighted by atomic mass is 9.73. The Bertz CT molecular complexity index is 385. The van der Waals surface area contributed by atoms with Gasteiger partial charge in [0.2, 0.25) is 0 Å². The first kappa shape index (κ1) is 14.4. The van der Waals surface area contributed by atoms with Gasteiger partial charge in [-0.15, -0.1) is 0 Å². The number of hydrogen-bond acceptors (Lipinski definition) is 3. The van der Waals surface area contributed by atoms with Crippen molar-refractivity contribution in [3.63, 3.8) is 0 Å². The molecule has 19 heavy (non-hydrogen) atoms. The molecule has 1 saturated carbocycles. The number of nitrogens with zero attached hydrogens (tertiary/aromatic N) is 1. The summed E-state index contributed by atoms with van der Waals surface area (Å²) in [5.41, 5.74) is -0.604. The summed E-state index contributed by atoms with van der Waals surface area (Å²) in [4.78, 5) is 26.0. The number of likely N-dealkylation sites (tertiary alicyclic amines) is 1. The molecule has 1 aliphatic carbocycles. The highest BCUT2D eigenvalue weighted by atomic mass is 16.6. The number of ether oxygens (including phenoxy) is 1. The molecule has 0 bridgehead atoms. The second-order valence-electron chi connectivity index (χ2n) is 7.03. The van der Waals surface area contributed by atoms with Gasteiger partial charge >= 0.3 is 6.09 Å². The molecule has 1 spiro atoms. The molecule has 1 heterocycles. The third kappa shape index (κ3) is 2.93. The summed E-state index contributed by atoms with van der Waals surface area (Å²) in [6, 6.07) is 0.0886. The molecule has 0 unspecified atom stereocenters. The zero-order valence-electron chi connectivity index (χ0n) is 12.5. The van der Waals surface area contributed by atoms with Crippen LogP contribution in [0, 0.1) is 5.41 Å². The maximum absolute atomic E-state index is 12.1. The Balaban J connectivity index is 2.01. The molecule has 4 heteroatoms. The van der Waals surface area contributed by atoms with E-state index in [0.29, 0.717) is 12.3 Å². The predicted molar refractivity (Wildman–Crippen MR) is 72.9 cm³/mol. The van der Waals surface area contributed by atoms with Crippen LogP contribution in [0.25, 0.3) is 0 Å². The average Bonchev–Trinajstić information content (AvgIpc) is 2.57. The van der Waals surface area contributed by atoms with Crippen LogP contribution in [0.15, 0.2) is 0 Å². The van der Waals surface area contributed by atoms with E-state index in [-0.39, 0.29) is 17.6 Å². The molecule has 0 aromatic rings. The molecule has 2 fully saturated rings. The topological polar surface area (TPSA) is 46.6 Å². The first-order valence-corrected chi connectivity index (χ1v) is 7.26. The van der Waals surface area contributed by atoms with Crippen molar-refractivity contribution < 1.29 is 14.3 Å². The standard InChI is InChI=1S/C15H25NO3/c1-11-10-15(7-5-6-12(15)17)8-9-16(11)13(18)19-14(2,3)4/h11H,5-10H2,1-4H3/t11-,15-/m0/s1. The first-order valence-electron chi connectivity index (χ1n) is 7.26. The average molecular weight is 267 g/mol. The third-order valence-corrected chi connectivity index (χ3v) is 4.33. The summed E-state index contributed by atoms with van der Waals surface area (Å²) in [7, 11) is 0. The number of rotatable bonds is 0. The fraction of sp³-hybridized carbons (Fsp3) is 0.867. The number of Topliss-reactive ketones (excluding diaryl/α,β-unsaturated/α-hetero) is 1. The van der Waals surface area contributed by atoms with Gasteiger partial charge in [-0.25, -0.2) is 4.79 Å². The van der Waals surface area contributed by atoms with Crippen LogP contribution in [0.5, 0.6) is 0 Å². The Morgan fingerprint density at radius 1 is 1.37 bits per heavy atom. The van der Waals surface area contributed by atoms with E-state index in [9.17, 15) is 9.59 Å². The van der Waals surface area contributed by atoms with Crippen molar-refractivity contribution in [1.29, 1.82) is 0 Å². The van der Waals surface area contributed by atoms with E-state index in [0.717, 1.165) is 32.1 Å². The van der Waals surface area contributed by atoms with E-state index in [1.165, 1.54) is 0 Å². The zero-order chi connectivity index (χ0) is 14.3. The number of carbonyl (C=O) groups excluding carboxylic acids is 2. The third-order valence-electron chi connectivity index (χ3n) is 4.33. The number of carbonyl (C=O) groups is 2. The lowest BCUT2D eigenvalue weighted by molar-refractivity contribution is -0.129. The summed E-state index contributed by atoms with van der Waals surface area (Å²) in [5.74, 6) is 0.406. The minimum absolute atomic E-state index is 0.0886. The molecular weight excluding hydrogens is 242 g/mol. The van der Waals surface area contributed by atoms with E-state index in [4.69, 9.17) is 4.74 Å². The Kier molecular flexibility index (Phi) is 3.63. The van der Waals surface area contributed by atoms with Gasteiger partial charge in [-0.05, 0) is 53.4 Å². The van der Waals surface area contributed by atoms with Gasteiger partial charge in [-0.1, -0.05) is 0 Å². The van der Waals surface area contributed by atoms with E-state index >= 15 is 0 Å². The Morgan fingerprint density at radius 3 is 2.53 bits per heavy atom. The van der Waals surface area contributed by atoms with Crippen LogP contribution >= 0.6 is 0 Å². The Labute approximate surface area is 115 Å². The normalized spacial score (nSPS) is 31.9. The van der Waals surface area contributed by atoms with Crippen molar-refractivity contribution in [2.24, 2.45) is 5.41 Å². The van der Waals surface area contributed by atoms with Gasteiger partial charge in [0.05, 0.1) is 0 Å². The lowest BCUT2D eigenvalue weighted by Gasteiger charge is -2.43. The van der Waals surface area contributed by atoms with Crippen LogP contribution in [0.3, 0.4) is 0 Å². The van der Waals surface area contributed by atoms with Gasteiger partial charge in [0, 0.05) is 24.4 Å². The molecular formula is C15H25NO3. The number of piperidine rings is 1. The fourth-order valence-electron chi connectivity index (χ4n) is 3.40. The fourth-order valence-corrected chi connectivity index (χ4v) is 3.40. The van der Waals surface area contributed by atoms with E-state index in [1.807, 2.05) is 27.7 Å². The van der Waals surface area contributed by atoms with Crippen LogP contribution in [0.2, 0.25) is 0 Å². The largest absolute Gasteiger partial charge is 0.444 e. The molecule has 1 amide bonds. The van der Waals surface area contributed by atoms with Crippen LogP contribution in [-0.2, 0) is 9.53 Å². The summed E-state index contributed by atoms with van der Waals surface area (Å²) in [5, 5.41) is 0. The second-order valence-corrected chi connectivity index (χ2v) is 7.03. The minimum Gasteiger partial charge on any atom is -0.444 e. The smallest absolute Gasteiger partial charge is 0.410 e. The van der Waals surface area contributed by atoms with Gasteiger partial charge in [0.25, 0.3) is 0 Å². The number of ketones is 1. The minimum atomic E-state index is -0.463. The van der Waals surface area contributed by atoms with Crippen molar-refractivity contribution in [2.75, 3.05) is 6.54 Å². The molecule has 1 aliphatic heterocycles. The van der Waals surface area contributed by atoms with Crippen LogP contribution < -0.4 is 0 Å². The maximum atomic E-state index is 12.1. The van der Waals surface area contributed by atoms with Crippen molar-refractivity contribution in [3.05, 3.63) is 0 Å². The number of hydrogen-bond donors (Lipinski definition) is 0. The van der Waals surface area contributed by atoms with E-state index < -0.39 is 5.60 Å². The van der Waals surface area contributed by atoms with Crippen molar-refractivity contribution in [1.82, 2.24) is 4.90 Å². The van der Waals surface area contributed by atoms with Crippen LogP contribution in [-0.4, -0.2) is 35.0 Å². The maximum Gasteiger partial charge on any atom is 0.410 e. The van der Waals surface area contributed by atoms with Crippen LogP contribution in [0.1, 0.15) is 59.8 Å². The molecule has 0 N–H and O–H groups in total. The Morgan fingerprint density at radius 2 is 2.05 bits per heavy atom. The summed E-state index contributed by atoms with van der Waals surface area (Å²) >= 11 is 0. The molecule has 1 saturated heterocycles. The monoisotopic (exact) mass is 267 g/mol. The van der Waals surface area contributed by atoms with Gasteiger partial charge < -0.3 is 9.64 Å². The number of amides is 1. The lowest BCUT2D eigenvalue weighted by Crippen LogP contribution is -2.51. The molecule has 0 aromatic carbocycles. The predicted octanol–water partition coefficient (Wildman–Crippen LogP) is 3.15. The molecule has 0 aromatic heterocycles. The van der Waals surface area contributed by atoms with E-state index in [2.05, 4.69) is 0 Å². The van der Waals surface area contributed by atoms with Gasteiger partial charge in [0.15, 0.2) is 0 Å². The quantitative estimate of drug-likeness (QED) is 0.677. The molecule has 2 atom stereocenters. The van der Waals surface area contributed by atoms with Crippen molar-refractivity contribution in [3.8, 4) is 0 Å². The summed E-state index contributed by atoms with van der Waals surface area (Å²) in [6.45, 7) is 8.29. The summed E-state index contributed by atoms with van der Waals surface area (Å²) < 4.78 is 5.43. The van der Waals surface area contributed by atoms with Crippen molar-refractivity contribution >= 4 is 11.9 Å².